The van der Waals surface area contributed by atoms with Gasteiger partial charge in [0.1, 0.15) is 5.82 Å². The molecular formula is C16H18N2O3. The normalized spacial score (nSPS) is 11.3. The van der Waals surface area contributed by atoms with Crippen LogP contribution < -0.4 is 5.56 Å². The van der Waals surface area contributed by atoms with Gasteiger partial charge in [0.25, 0.3) is 5.56 Å². The van der Waals surface area contributed by atoms with E-state index in [0.717, 1.165) is 6.42 Å². The molecule has 0 aliphatic rings. The van der Waals surface area contributed by atoms with Crippen LogP contribution in [0.1, 0.15) is 25.6 Å². The third kappa shape index (κ3) is 3.56. The summed E-state index contributed by atoms with van der Waals surface area (Å²) in [6.07, 6.45) is 4.84. The maximum Gasteiger partial charge on any atom is 0.303 e. The monoisotopic (exact) mass is 286 g/mol. The topological polar surface area (TPSA) is 72.2 Å². The van der Waals surface area contributed by atoms with E-state index in [1.54, 1.807) is 22.8 Å². The van der Waals surface area contributed by atoms with Crippen LogP contribution in [-0.2, 0) is 17.8 Å². The number of nitrogens with zero attached hydrogens (tertiary/aromatic N) is 2. The number of para-hydroxylation sites is 1. The average molecular weight is 286 g/mol. The molecule has 1 aromatic carbocycles. The van der Waals surface area contributed by atoms with Crippen LogP contribution >= 0.6 is 0 Å². The Morgan fingerprint density at radius 1 is 1.38 bits per heavy atom. The Morgan fingerprint density at radius 3 is 2.86 bits per heavy atom. The summed E-state index contributed by atoms with van der Waals surface area (Å²) in [5.74, 6) is -0.358. The van der Waals surface area contributed by atoms with Crippen molar-refractivity contribution in [3.8, 4) is 0 Å². The molecule has 2 aromatic rings. The van der Waals surface area contributed by atoms with E-state index >= 15 is 0 Å². The Hall–Kier alpha value is -2.43. The first kappa shape index (κ1) is 15.0. The third-order valence-electron chi connectivity index (χ3n) is 3.26. The summed E-state index contributed by atoms with van der Waals surface area (Å²) in [4.78, 5) is 27.8. The molecule has 0 aliphatic heterocycles. The fourth-order valence-corrected chi connectivity index (χ4v) is 2.22. The number of hydrogen-bond acceptors (Lipinski definition) is 3. The van der Waals surface area contributed by atoms with Gasteiger partial charge in [0.05, 0.1) is 17.3 Å². The van der Waals surface area contributed by atoms with E-state index in [4.69, 9.17) is 5.11 Å². The number of hydrogen-bond donors (Lipinski definition) is 1. The van der Waals surface area contributed by atoms with Gasteiger partial charge in [-0.3, -0.25) is 14.2 Å². The summed E-state index contributed by atoms with van der Waals surface area (Å²) in [5, 5.41) is 9.40. The zero-order valence-corrected chi connectivity index (χ0v) is 12.0. The minimum absolute atomic E-state index is 0.0333. The number of rotatable bonds is 6. The van der Waals surface area contributed by atoms with Crippen LogP contribution in [0, 0.1) is 0 Å². The van der Waals surface area contributed by atoms with Gasteiger partial charge in [0.15, 0.2) is 0 Å². The van der Waals surface area contributed by atoms with Crippen molar-refractivity contribution in [3.63, 3.8) is 0 Å². The highest BCUT2D eigenvalue weighted by molar-refractivity contribution is 5.77. The zero-order valence-electron chi connectivity index (χ0n) is 12.0. The lowest BCUT2D eigenvalue weighted by Crippen LogP contribution is -2.26. The molecule has 0 radical (unpaired) electrons. The van der Waals surface area contributed by atoms with Crippen molar-refractivity contribution in [1.29, 1.82) is 0 Å². The van der Waals surface area contributed by atoms with E-state index < -0.39 is 5.97 Å². The Morgan fingerprint density at radius 2 is 2.14 bits per heavy atom. The van der Waals surface area contributed by atoms with Gasteiger partial charge in [-0.2, -0.15) is 0 Å². The summed E-state index contributed by atoms with van der Waals surface area (Å²) in [5.41, 5.74) is 0.510. The van der Waals surface area contributed by atoms with Gasteiger partial charge in [-0.05, 0) is 25.5 Å². The Bertz CT molecular complexity index is 732. The minimum atomic E-state index is -0.891. The second kappa shape index (κ2) is 6.83. The van der Waals surface area contributed by atoms with E-state index in [0.29, 0.717) is 23.3 Å². The lowest BCUT2D eigenvalue weighted by molar-refractivity contribution is -0.137. The molecular weight excluding hydrogens is 268 g/mol. The van der Waals surface area contributed by atoms with Crippen LogP contribution in [0.4, 0.5) is 0 Å². The maximum atomic E-state index is 12.5. The summed E-state index contributed by atoms with van der Waals surface area (Å²) in [6.45, 7) is 2.43. The van der Waals surface area contributed by atoms with Crippen LogP contribution in [0.2, 0.25) is 0 Å². The first-order valence-electron chi connectivity index (χ1n) is 6.95. The number of carboxylic acid groups (broad SMARTS) is 1. The molecule has 0 bridgehead atoms. The molecule has 5 nitrogen and oxygen atoms in total. The van der Waals surface area contributed by atoms with E-state index in [9.17, 15) is 9.59 Å². The number of benzene rings is 1. The molecule has 1 N–H and O–H groups in total. The van der Waals surface area contributed by atoms with Gasteiger partial charge in [-0.25, -0.2) is 4.98 Å². The molecule has 0 atom stereocenters. The fourth-order valence-electron chi connectivity index (χ4n) is 2.22. The number of carbonyl (C=O) groups is 1. The van der Waals surface area contributed by atoms with Crippen LogP contribution in [-0.4, -0.2) is 20.6 Å². The molecule has 1 heterocycles. The molecule has 1 aromatic heterocycles. The van der Waals surface area contributed by atoms with E-state index in [2.05, 4.69) is 4.98 Å². The van der Waals surface area contributed by atoms with Gasteiger partial charge in [0, 0.05) is 13.0 Å². The highest BCUT2D eigenvalue weighted by Gasteiger charge is 2.11. The first-order chi connectivity index (χ1) is 10.1. The average Bonchev–Trinajstić information content (AvgIpc) is 2.48. The fraction of sp³-hybridized carbons (Fsp3) is 0.312. The number of fused-ring (bicyclic) bond motifs is 1. The largest absolute Gasteiger partial charge is 0.481 e. The molecule has 110 valence electrons. The van der Waals surface area contributed by atoms with Crippen molar-refractivity contribution < 1.29 is 9.90 Å². The predicted molar refractivity (Wildman–Crippen MR) is 81.4 cm³/mol. The molecule has 21 heavy (non-hydrogen) atoms. The number of allylic oxidation sites excluding steroid dienone is 2. The third-order valence-corrected chi connectivity index (χ3v) is 3.26. The smallest absolute Gasteiger partial charge is 0.303 e. The summed E-state index contributed by atoms with van der Waals surface area (Å²) in [6, 6.07) is 7.15. The standard InChI is InChI=1S/C16H18N2O3/c1-2-3-6-11-18-14(9-10-15(19)20)17-13-8-5-4-7-12(13)16(18)21/h2-5,7-8H,6,9-11H2,1H3,(H,19,20)/b3-2+. The van der Waals surface area contributed by atoms with E-state index in [1.807, 2.05) is 25.1 Å². The zero-order chi connectivity index (χ0) is 15.2. The number of aliphatic carboxylic acids is 1. The molecule has 0 aliphatic carbocycles. The maximum absolute atomic E-state index is 12.5. The minimum Gasteiger partial charge on any atom is -0.481 e. The van der Waals surface area contributed by atoms with Gasteiger partial charge >= 0.3 is 5.97 Å². The summed E-state index contributed by atoms with van der Waals surface area (Å²) in [7, 11) is 0. The van der Waals surface area contributed by atoms with Gasteiger partial charge < -0.3 is 5.11 Å². The van der Waals surface area contributed by atoms with Gasteiger partial charge in [-0.15, -0.1) is 0 Å². The van der Waals surface area contributed by atoms with Gasteiger partial charge in [0.2, 0.25) is 0 Å². The molecule has 0 fully saturated rings. The Kier molecular flexibility index (Phi) is 4.87. The highest BCUT2D eigenvalue weighted by atomic mass is 16.4. The van der Waals surface area contributed by atoms with Crippen LogP contribution in [0.3, 0.4) is 0 Å². The van der Waals surface area contributed by atoms with Crippen LogP contribution in [0.5, 0.6) is 0 Å². The van der Waals surface area contributed by atoms with E-state index in [1.165, 1.54) is 0 Å². The molecule has 0 spiro atoms. The number of aryl methyl sites for hydroxylation is 1. The SMILES string of the molecule is C/C=C/CCn1c(CCC(=O)O)nc2ccccc2c1=O. The predicted octanol–water partition coefficient (Wildman–Crippen LogP) is 2.38. The van der Waals surface area contributed by atoms with Crippen LogP contribution in [0.25, 0.3) is 10.9 Å². The second-order valence-electron chi connectivity index (χ2n) is 4.75. The molecule has 0 saturated carbocycles. The Balaban J connectivity index is 2.48. The molecule has 0 unspecified atom stereocenters. The molecule has 5 heteroatoms. The lowest BCUT2D eigenvalue weighted by Gasteiger charge is -2.12. The molecule has 0 amide bonds. The quantitative estimate of drug-likeness (QED) is 0.827. The lowest BCUT2D eigenvalue weighted by atomic mass is 10.2. The van der Waals surface area contributed by atoms with Crippen molar-refractivity contribution in [2.45, 2.75) is 32.7 Å². The second-order valence-corrected chi connectivity index (χ2v) is 4.75. The number of carboxylic acids is 1. The Labute approximate surface area is 122 Å². The molecule has 2 rings (SSSR count). The van der Waals surface area contributed by atoms with Crippen molar-refractivity contribution in [1.82, 2.24) is 9.55 Å². The summed E-state index contributed by atoms with van der Waals surface area (Å²) < 4.78 is 1.59. The van der Waals surface area contributed by atoms with Crippen molar-refractivity contribution in [3.05, 3.63) is 52.6 Å². The van der Waals surface area contributed by atoms with E-state index in [-0.39, 0.29) is 18.4 Å². The number of aromatic nitrogens is 2. The van der Waals surface area contributed by atoms with Crippen molar-refractivity contribution in [2.75, 3.05) is 0 Å². The van der Waals surface area contributed by atoms with Gasteiger partial charge in [-0.1, -0.05) is 24.3 Å². The molecule has 0 saturated heterocycles. The van der Waals surface area contributed by atoms with Crippen molar-refractivity contribution in [2.24, 2.45) is 0 Å². The van der Waals surface area contributed by atoms with Crippen LogP contribution in [0.15, 0.2) is 41.2 Å². The van der Waals surface area contributed by atoms with Crippen molar-refractivity contribution >= 4 is 16.9 Å². The summed E-state index contributed by atoms with van der Waals surface area (Å²) >= 11 is 0. The highest BCUT2D eigenvalue weighted by Crippen LogP contribution is 2.10. The first-order valence-corrected chi connectivity index (χ1v) is 6.95.